The SMILES string of the molecule is CCN(CC(C)(C)O)C(=O)Nc1ccnn1-c1ccccc1C. The van der Waals surface area contributed by atoms with E-state index in [1.807, 2.05) is 38.1 Å². The average molecular weight is 316 g/mol. The summed E-state index contributed by atoms with van der Waals surface area (Å²) in [4.78, 5) is 14.0. The van der Waals surface area contributed by atoms with Crippen LogP contribution in [0, 0.1) is 6.92 Å². The van der Waals surface area contributed by atoms with Crippen molar-refractivity contribution in [2.24, 2.45) is 0 Å². The van der Waals surface area contributed by atoms with Gasteiger partial charge in [0.15, 0.2) is 0 Å². The fourth-order valence-corrected chi connectivity index (χ4v) is 2.37. The van der Waals surface area contributed by atoms with Crippen molar-refractivity contribution in [2.45, 2.75) is 33.3 Å². The molecule has 0 spiro atoms. The number of aliphatic hydroxyl groups is 1. The molecule has 0 fully saturated rings. The van der Waals surface area contributed by atoms with Crippen LogP contribution in [-0.2, 0) is 0 Å². The molecule has 0 unspecified atom stereocenters. The van der Waals surface area contributed by atoms with Crippen molar-refractivity contribution in [3.8, 4) is 5.69 Å². The number of rotatable bonds is 5. The van der Waals surface area contributed by atoms with E-state index in [1.54, 1.807) is 35.7 Å². The Bertz CT molecular complexity index is 673. The van der Waals surface area contributed by atoms with Gasteiger partial charge in [-0.1, -0.05) is 18.2 Å². The van der Waals surface area contributed by atoms with Crippen molar-refractivity contribution < 1.29 is 9.90 Å². The smallest absolute Gasteiger partial charge is 0.323 e. The van der Waals surface area contributed by atoms with Gasteiger partial charge in [0.2, 0.25) is 0 Å². The first-order valence-electron chi connectivity index (χ1n) is 7.70. The molecular weight excluding hydrogens is 292 g/mol. The standard InChI is InChI=1S/C17H24N4O2/c1-5-20(12-17(3,4)23)16(22)19-15-10-11-18-21(15)14-9-7-6-8-13(14)2/h6-11,23H,5,12H2,1-4H3,(H,19,22). The number of para-hydroxylation sites is 1. The van der Waals surface area contributed by atoms with Gasteiger partial charge in [0.05, 0.1) is 24.0 Å². The Hall–Kier alpha value is -2.34. The Labute approximate surface area is 136 Å². The van der Waals surface area contributed by atoms with Crippen LogP contribution in [0.15, 0.2) is 36.5 Å². The van der Waals surface area contributed by atoms with E-state index >= 15 is 0 Å². The molecule has 1 heterocycles. The molecule has 2 aromatic rings. The molecule has 0 bridgehead atoms. The van der Waals surface area contributed by atoms with Gasteiger partial charge in [-0.2, -0.15) is 5.10 Å². The molecule has 0 atom stereocenters. The summed E-state index contributed by atoms with van der Waals surface area (Å²) in [6.07, 6.45) is 1.65. The van der Waals surface area contributed by atoms with Gasteiger partial charge in [-0.05, 0) is 39.3 Å². The highest BCUT2D eigenvalue weighted by atomic mass is 16.3. The van der Waals surface area contributed by atoms with Crippen LogP contribution < -0.4 is 5.32 Å². The fourth-order valence-electron chi connectivity index (χ4n) is 2.37. The van der Waals surface area contributed by atoms with Gasteiger partial charge >= 0.3 is 6.03 Å². The number of nitrogens with one attached hydrogen (secondary N) is 1. The molecule has 2 rings (SSSR count). The number of carbonyl (C=O) groups is 1. The monoisotopic (exact) mass is 316 g/mol. The maximum atomic E-state index is 12.5. The highest BCUT2D eigenvalue weighted by molar-refractivity contribution is 5.88. The number of hydrogen-bond acceptors (Lipinski definition) is 3. The Balaban J connectivity index is 2.20. The molecule has 0 aliphatic rings. The van der Waals surface area contributed by atoms with Crippen molar-refractivity contribution in [1.29, 1.82) is 0 Å². The summed E-state index contributed by atoms with van der Waals surface area (Å²) >= 11 is 0. The number of nitrogens with zero attached hydrogens (tertiary/aromatic N) is 3. The maximum Gasteiger partial charge on any atom is 0.323 e. The third kappa shape index (κ3) is 4.32. The van der Waals surface area contributed by atoms with Crippen molar-refractivity contribution in [1.82, 2.24) is 14.7 Å². The minimum Gasteiger partial charge on any atom is -0.389 e. The van der Waals surface area contributed by atoms with Crippen molar-refractivity contribution in [3.63, 3.8) is 0 Å². The van der Waals surface area contributed by atoms with Crippen LogP contribution in [0.25, 0.3) is 5.69 Å². The summed E-state index contributed by atoms with van der Waals surface area (Å²) in [6, 6.07) is 9.33. The lowest BCUT2D eigenvalue weighted by Crippen LogP contribution is -2.44. The summed E-state index contributed by atoms with van der Waals surface area (Å²) in [5.74, 6) is 0.596. The van der Waals surface area contributed by atoms with Crippen LogP contribution in [0.4, 0.5) is 10.6 Å². The normalized spacial score (nSPS) is 11.3. The van der Waals surface area contributed by atoms with E-state index in [0.29, 0.717) is 12.4 Å². The Morgan fingerprint density at radius 1 is 1.35 bits per heavy atom. The summed E-state index contributed by atoms with van der Waals surface area (Å²) in [5.41, 5.74) is 1.04. The van der Waals surface area contributed by atoms with E-state index in [0.717, 1.165) is 11.3 Å². The molecule has 124 valence electrons. The van der Waals surface area contributed by atoms with E-state index in [1.165, 1.54) is 0 Å². The number of carbonyl (C=O) groups excluding carboxylic acids is 1. The zero-order chi connectivity index (χ0) is 17.0. The highest BCUT2D eigenvalue weighted by Crippen LogP contribution is 2.18. The molecule has 0 aliphatic heterocycles. The van der Waals surface area contributed by atoms with Crippen LogP contribution in [0.5, 0.6) is 0 Å². The predicted molar refractivity (Wildman–Crippen MR) is 90.9 cm³/mol. The molecule has 0 saturated carbocycles. The van der Waals surface area contributed by atoms with Crippen LogP contribution in [0.3, 0.4) is 0 Å². The molecule has 23 heavy (non-hydrogen) atoms. The van der Waals surface area contributed by atoms with Gasteiger partial charge in [-0.25, -0.2) is 9.48 Å². The van der Waals surface area contributed by atoms with Gasteiger partial charge in [0.1, 0.15) is 5.82 Å². The summed E-state index contributed by atoms with van der Waals surface area (Å²) in [5, 5.41) is 17.1. The fraction of sp³-hybridized carbons (Fsp3) is 0.412. The van der Waals surface area contributed by atoms with E-state index in [9.17, 15) is 9.90 Å². The van der Waals surface area contributed by atoms with E-state index in [-0.39, 0.29) is 12.6 Å². The number of hydrogen-bond donors (Lipinski definition) is 2. The maximum absolute atomic E-state index is 12.5. The Morgan fingerprint density at radius 2 is 2.04 bits per heavy atom. The molecule has 1 aromatic carbocycles. The van der Waals surface area contributed by atoms with Gasteiger partial charge in [-0.3, -0.25) is 5.32 Å². The third-order valence-electron chi connectivity index (χ3n) is 3.47. The second-order valence-corrected chi connectivity index (χ2v) is 6.17. The van der Waals surface area contributed by atoms with Crippen LogP contribution in [-0.4, -0.2) is 44.5 Å². The highest BCUT2D eigenvalue weighted by Gasteiger charge is 2.22. The molecule has 6 heteroatoms. The zero-order valence-electron chi connectivity index (χ0n) is 14.1. The molecule has 1 aromatic heterocycles. The topological polar surface area (TPSA) is 70.4 Å². The molecule has 2 N–H and O–H groups in total. The van der Waals surface area contributed by atoms with Gasteiger partial charge in [0, 0.05) is 12.6 Å². The number of likely N-dealkylation sites (N-methyl/N-ethyl adjacent to an activating group) is 1. The van der Waals surface area contributed by atoms with E-state index < -0.39 is 5.60 Å². The molecule has 6 nitrogen and oxygen atoms in total. The van der Waals surface area contributed by atoms with Crippen LogP contribution >= 0.6 is 0 Å². The molecule has 2 amide bonds. The summed E-state index contributed by atoms with van der Waals surface area (Å²) in [6.45, 7) is 8.00. The molecular formula is C17H24N4O2. The Morgan fingerprint density at radius 3 is 2.65 bits per heavy atom. The average Bonchev–Trinajstić information content (AvgIpc) is 2.92. The second kappa shape index (κ2) is 6.83. The van der Waals surface area contributed by atoms with Gasteiger partial charge < -0.3 is 10.0 Å². The molecule has 0 radical (unpaired) electrons. The first kappa shape index (κ1) is 17.0. The lowest BCUT2D eigenvalue weighted by Gasteiger charge is -2.28. The van der Waals surface area contributed by atoms with E-state index in [4.69, 9.17) is 0 Å². The van der Waals surface area contributed by atoms with Crippen molar-refractivity contribution in [2.75, 3.05) is 18.4 Å². The molecule has 0 aliphatic carbocycles. The first-order chi connectivity index (χ1) is 10.8. The summed E-state index contributed by atoms with van der Waals surface area (Å²) < 4.78 is 1.70. The minimum absolute atomic E-state index is 0.258. The van der Waals surface area contributed by atoms with Crippen LogP contribution in [0.2, 0.25) is 0 Å². The third-order valence-corrected chi connectivity index (χ3v) is 3.47. The van der Waals surface area contributed by atoms with Crippen molar-refractivity contribution >= 4 is 11.8 Å². The summed E-state index contributed by atoms with van der Waals surface area (Å²) in [7, 11) is 0. The number of amides is 2. The largest absolute Gasteiger partial charge is 0.389 e. The second-order valence-electron chi connectivity index (χ2n) is 6.17. The molecule has 0 saturated heterocycles. The van der Waals surface area contributed by atoms with Crippen LogP contribution in [0.1, 0.15) is 26.3 Å². The predicted octanol–water partition coefficient (Wildman–Crippen LogP) is 2.81. The number of anilines is 1. The Kier molecular flexibility index (Phi) is 5.05. The lowest BCUT2D eigenvalue weighted by atomic mass is 10.1. The minimum atomic E-state index is -0.941. The first-order valence-corrected chi connectivity index (χ1v) is 7.70. The number of aromatic nitrogens is 2. The number of urea groups is 1. The zero-order valence-corrected chi connectivity index (χ0v) is 14.1. The van der Waals surface area contributed by atoms with Gasteiger partial charge in [0.25, 0.3) is 0 Å². The number of benzene rings is 1. The quantitative estimate of drug-likeness (QED) is 0.891. The number of aryl methyl sites for hydroxylation is 1. The van der Waals surface area contributed by atoms with Gasteiger partial charge in [-0.15, -0.1) is 0 Å². The lowest BCUT2D eigenvalue weighted by molar-refractivity contribution is 0.0501. The van der Waals surface area contributed by atoms with Crippen molar-refractivity contribution in [3.05, 3.63) is 42.1 Å². The van der Waals surface area contributed by atoms with E-state index in [2.05, 4.69) is 10.4 Å².